The fourth-order valence-electron chi connectivity index (χ4n) is 3.83. The van der Waals surface area contributed by atoms with Crippen LogP contribution in [0.5, 0.6) is 0 Å². The average Bonchev–Trinajstić information content (AvgIpc) is 2.55. The summed E-state index contributed by atoms with van der Waals surface area (Å²) in [5, 5.41) is 3.24. The van der Waals surface area contributed by atoms with Crippen LogP contribution in [0.4, 0.5) is 4.79 Å². The van der Waals surface area contributed by atoms with Crippen LogP contribution >= 0.6 is 0 Å². The van der Waals surface area contributed by atoms with Gasteiger partial charge < -0.3 is 20.0 Å². The Morgan fingerprint density at radius 1 is 1.09 bits per heavy atom. The number of urea groups is 1. The van der Waals surface area contributed by atoms with E-state index in [0.29, 0.717) is 18.0 Å². The molecule has 0 bridgehead atoms. The molecule has 0 aromatic heterocycles. The van der Waals surface area contributed by atoms with Crippen LogP contribution in [0, 0.1) is 5.92 Å². The van der Waals surface area contributed by atoms with Crippen molar-refractivity contribution in [1.29, 1.82) is 0 Å². The molecule has 0 aromatic rings. The predicted molar refractivity (Wildman–Crippen MR) is 95.7 cm³/mol. The highest BCUT2D eigenvalue weighted by atomic mass is 16.2. The van der Waals surface area contributed by atoms with E-state index in [1.807, 2.05) is 11.9 Å². The first kappa shape index (κ1) is 18.5. The first-order valence-corrected chi connectivity index (χ1v) is 9.37. The van der Waals surface area contributed by atoms with E-state index < -0.39 is 0 Å². The summed E-state index contributed by atoms with van der Waals surface area (Å²) in [6, 6.07) is 1.13. The molecule has 0 spiro atoms. The van der Waals surface area contributed by atoms with Gasteiger partial charge in [0.05, 0.1) is 0 Å². The number of piperidine rings is 1. The van der Waals surface area contributed by atoms with Gasteiger partial charge >= 0.3 is 6.03 Å². The first-order chi connectivity index (χ1) is 11.0. The molecule has 1 saturated carbocycles. The minimum atomic E-state index is 0.0977. The Morgan fingerprint density at radius 3 is 2.39 bits per heavy atom. The zero-order valence-electron chi connectivity index (χ0n) is 15.6. The summed E-state index contributed by atoms with van der Waals surface area (Å²) >= 11 is 0. The summed E-state index contributed by atoms with van der Waals surface area (Å²) in [7, 11) is 6.32. The van der Waals surface area contributed by atoms with Gasteiger partial charge in [-0.05, 0) is 58.8 Å². The molecule has 2 rings (SSSR count). The predicted octanol–water partition coefficient (Wildman–Crippen LogP) is 2.23. The van der Waals surface area contributed by atoms with Crippen LogP contribution in [0.2, 0.25) is 0 Å². The van der Waals surface area contributed by atoms with Crippen molar-refractivity contribution in [3.8, 4) is 0 Å². The number of likely N-dealkylation sites (N-methyl/N-ethyl adjacent to an activating group) is 2. The van der Waals surface area contributed by atoms with Crippen molar-refractivity contribution in [2.45, 2.75) is 57.5 Å². The summed E-state index contributed by atoms with van der Waals surface area (Å²) < 4.78 is 0. The van der Waals surface area contributed by atoms with E-state index in [4.69, 9.17) is 0 Å². The standard InChI is InChI=1S/C18H36N4O/c1-15-7-5-6-8-17(15)19-18(23)22(4)14-13-21(3)16-9-11-20(2)12-10-16/h15-17H,5-14H2,1-4H3,(H,19,23)/t15-,17-/m0/s1. The Labute approximate surface area is 142 Å². The third-order valence-electron chi connectivity index (χ3n) is 5.87. The van der Waals surface area contributed by atoms with Crippen LogP contribution < -0.4 is 5.32 Å². The highest BCUT2D eigenvalue weighted by Gasteiger charge is 2.25. The van der Waals surface area contributed by atoms with Gasteiger partial charge in [0.15, 0.2) is 0 Å². The lowest BCUT2D eigenvalue weighted by atomic mass is 9.86. The smallest absolute Gasteiger partial charge is 0.317 e. The normalized spacial score (nSPS) is 27.2. The van der Waals surface area contributed by atoms with Gasteiger partial charge in [-0.15, -0.1) is 0 Å². The van der Waals surface area contributed by atoms with E-state index >= 15 is 0 Å². The molecule has 0 aromatic carbocycles. The largest absolute Gasteiger partial charge is 0.335 e. The minimum Gasteiger partial charge on any atom is -0.335 e. The molecular weight excluding hydrogens is 288 g/mol. The van der Waals surface area contributed by atoms with E-state index in [0.717, 1.165) is 19.5 Å². The Balaban J connectivity index is 1.68. The van der Waals surface area contributed by atoms with Crippen LogP contribution in [0.3, 0.4) is 0 Å². The zero-order chi connectivity index (χ0) is 16.8. The number of amides is 2. The second kappa shape index (κ2) is 8.88. The van der Waals surface area contributed by atoms with Gasteiger partial charge in [0, 0.05) is 32.2 Å². The molecule has 1 heterocycles. The number of nitrogens with one attached hydrogen (secondary N) is 1. The number of hydrogen-bond acceptors (Lipinski definition) is 3. The van der Waals surface area contributed by atoms with E-state index in [2.05, 4.69) is 36.1 Å². The van der Waals surface area contributed by atoms with Gasteiger partial charge in [0.1, 0.15) is 0 Å². The van der Waals surface area contributed by atoms with Gasteiger partial charge in [-0.25, -0.2) is 4.79 Å². The van der Waals surface area contributed by atoms with Crippen LogP contribution in [-0.4, -0.2) is 80.1 Å². The van der Waals surface area contributed by atoms with E-state index in [9.17, 15) is 4.79 Å². The number of hydrogen-bond donors (Lipinski definition) is 1. The van der Waals surface area contributed by atoms with Crippen molar-refractivity contribution in [2.75, 3.05) is 47.3 Å². The van der Waals surface area contributed by atoms with Crippen molar-refractivity contribution < 1.29 is 4.79 Å². The second-order valence-corrected chi connectivity index (χ2v) is 7.75. The fraction of sp³-hybridized carbons (Fsp3) is 0.944. The van der Waals surface area contributed by atoms with Crippen molar-refractivity contribution in [3.63, 3.8) is 0 Å². The number of nitrogens with zero attached hydrogens (tertiary/aromatic N) is 3. The zero-order valence-corrected chi connectivity index (χ0v) is 15.6. The van der Waals surface area contributed by atoms with Crippen molar-refractivity contribution >= 4 is 6.03 Å². The highest BCUT2D eigenvalue weighted by Crippen LogP contribution is 2.23. The van der Waals surface area contributed by atoms with Gasteiger partial charge in [0.2, 0.25) is 0 Å². The van der Waals surface area contributed by atoms with Gasteiger partial charge in [-0.1, -0.05) is 19.8 Å². The molecule has 5 heteroatoms. The molecule has 2 atom stereocenters. The van der Waals surface area contributed by atoms with Crippen LogP contribution in [0.25, 0.3) is 0 Å². The molecular formula is C18H36N4O. The Kier molecular flexibility index (Phi) is 7.15. The molecule has 0 radical (unpaired) electrons. The van der Waals surface area contributed by atoms with Crippen molar-refractivity contribution in [3.05, 3.63) is 0 Å². The third-order valence-corrected chi connectivity index (χ3v) is 5.87. The maximum atomic E-state index is 12.4. The number of carbonyl (C=O) groups is 1. The first-order valence-electron chi connectivity index (χ1n) is 9.37. The Morgan fingerprint density at radius 2 is 1.74 bits per heavy atom. The molecule has 1 aliphatic carbocycles. The quantitative estimate of drug-likeness (QED) is 0.843. The summed E-state index contributed by atoms with van der Waals surface area (Å²) in [6.07, 6.45) is 7.41. The van der Waals surface area contributed by atoms with Crippen molar-refractivity contribution in [2.24, 2.45) is 5.92 Å². The lowest BCUT2D eigenvalue weighted by Crippen LogP contribution is -2.49. The fourth-order valence-corrected chi connectivity index (χ4v) is 3.83. The van der Waals surface area contributed by atoms with E-state index in [1.54, 1.807) is 0 Å². The number of rotatable bonds is 5. The molecule has 1 N–H and O–H groups in total. The summed E-state index contributed by atoms with van der Waals surface area (Å²) in [5.74, 6) is 0.614. The summed E-state index contributed by atoms with van der Waals surface area (Å²) in [6.45, 7) is 6.39. The summed E-state index contributed by atoms with van der Waals surface area (Å²) in [5.41, 5.74) is 0. The molecule has 0 unspecified atom stereocenters. The molecule has 2 fully saturated rings. The SMILES string of the molecule is C[C@H]1CCCC[C@@H]1NC(=O)N(C)CCN(C)C1CCN(C)CC1. The van der Waals surface area contributed by atoms with Gasteiger partial charge in [0.25, 0.3) is 0 Å². The summed E-state index contributed by atoms with van der Waals surface area (Å²) in [4.78, 5) is 19.1. The molecule has 2 amide bonds. The lowest BCUT2D eigenvalue weighted by molar-refractivity contribution is 0.133. The Hall–Kier alpha value is -0.810. The topological polar surface area (TPSA) is 38.8 Å². The van der Waals surface area contributed by atoms with Gasteiger partial charge in [-0.3, -0.25) is 0 Å². The maximum Gasteiger partial charge on any atom is 0.317 e. The number of carbonyl (C=O) groups excluding carboxylic acids is 1. The molecule has 1 saturated heterocycles. The van der Waals surface area contributed by atoms with Crippen molar-refractivity contribution in [1.82, 2.24) is 20.0 Å². The minimum absolute atomic E-state index is 0.0977. The highest BCUT2D eigenvalue weighted by molar-refractivity contribution is 5.74. The van der Waals surface area contributed by atoms with Crippen LogP contribution in [-0.2, 0) is 0 Å². The van der Waals surface area contributed by atoms with E-state index in [1.165, 1.54) is 45.2 Å². The molecule has 1 aliphatic heterocycles. The van der Waals surface area contributed by atoms with Crippen LogP contribution in [0.15, 0.2) is 0 Å². The Bertz CT molecular complexity index is 368. The molecule has 134 valence electrons. The van der Waals surface area contributed by atoms with E-state index in [-0.39, 0.29) is 6.03 Å². The second-order valence-electron chi connectivity index (χ2n) is 7.75. The van der Waals surface area contributed by atoms with Gasteiger partial charge in [-0.2, -0.15) is 0 Å². The molecule has 23 heavy (non-hydrogen) atoms. The number of likely N-dealkylation sites (tertiary alicyclic amines) is 1. The molecule has 5 nitrogen and oxygen atoms in total. The molecule has 2 aliphatic rings. The van der Waals surface area contributed by atoms with Crippen LogP contribution in [0.1, 0.15) is 45.4 Å². The third kappa shape index (κ3) is 5.64. The maximum absolute atomic E-state index is 12.4. The average molecular weight is 325 g/mol. The lowest BCUT2D eigenvalue weighted by Gasteiger charge is -2.36. The monoisotopic (exact) mass is 324 g/mol.